The quantitative estimate of drug-likeness (QED) is 0.908. The molecule has 20 heavy (non-hydrogen) atoms. The summed E-state index contributed by atoms with van der Waals surface area (Å²) < 4.78 is 5.83. The lowest BCUT2D eigenvalue weighted by Crippen LogP contribution is -2.16. The Kier molecular flexibility index (Phi) is 4.60. The van der Waals surface area contributed by atoms with Crippen LogP contribution in [-0.4, -0.2) is 23.1 Å². The summed E-state index contributed by atoms with van der Waals surface area (Å²) in [4.78, 5) is 11.6. The van der Waals surface area contributed by atoms with Gasteiger partial charge in [0.05, 0.1) is 11.5 Å². The first-order valence-electron chi connectivity index (χ1n) is 7.00. The van der Waals surface area contributed by atoms with Gasteiger partial charge in [0.1, 0.15) is 17.3 Å². The van der Waals surface area contributed by atoms with Gasteiger partial charge in [-0.3, -0.25) is 0 Å². The molecular formula is C15H23N3OS. The van der Waals surface area contributed by atoms with E-state index in [4.69, 9.17) is 4.74 Å². The minimum atomic E-state index is 0.208. The number of aryl methyl sites for hydroxylation is 2. The first-order valence-corrected chi connectivity index (χ1v) is 7.81. The Labute approximate surface area is 124 Å². The molecule has 1 N–H and O–H groups in total. The summed E-state index contributed by atoms with van der Waals surface area (Å²) in [6, 6.07) is 0. The minimum Gasteiger partial charge on any atom is -0.372 e. The van der Waals surface area contributed by atoms with E-state index in [1.807, 2.05) is 7.05 Å². The monoisotopic (exact) mass is 293 g/mol. The molecule has 0 spiro atoms. The van der Waals surface area contributed by atoms with Crippen molar-refractivity contribution in [3.8, 4) is 0 Å². The third kappa shape index (κ3) is 2.94. The number of aromatic nitrogens is 2. The Bertz CT molecular complexity index is 607. The van der Waals surface area contributed by atoms with Gasteiger partial charge in [0.25, 0.3) is 0 Å². The van der Waals surface area contributed by atoms with Crippen LogP contribution in [0.25, 0.3) is 10.2 Å². The maximum atomic E-state index is 5.83. The molecule has 0 bridgehead atoms. The Hall–Kier alpha value is -1.20. The largest absolute Gasteiger partial charge is 0.372 e. The van der Waals surface area contributed by atoms with Crippen molar-refractivity contribution >= 4 is 27.4 Å². The predicted molar refractivity (Wildman–Crippen MR) is 85.5 cm³/mol. The zero-order chi connectivity index (χ0) is 14.9. The van der Waals surface area contributed by atoms with Gasteiger partial charge in [0, 0.05) is 11.9 Å². The molecule has 0 radical (unpaired) electrons. The standard InChI is InChI=1S/C15H23N3OS/c1-8(2)10(4)19-7-12-17-14(16-6)13-9(3)11(5)20-15(13)18-12/h8,10H,7H2,1-6H3,(H,16,17,18). The first-order chi connectivity index (χ1) is 9.43. The van der Waals surface area contributed by atoms with Gasteiger partial charge in [0.15, 0.2) is 5.82 Å². The molecular weight excluding hydrogens is 270 g/mol. The number of nitrogens with zero attached hydrogens (tertiary/aromatic N) is 2. The second-order valence-corrected chi connectivity index (χ2v) is 6.67. The van der Waals surface area contributed by atoms with Crippen LogP contribution in [0.1, 0.15) is 37.0 Å². The van der Waals surface area contributed by atoms with Crippen LogP contribution in [0.4, 0.5) is 5.82 Å². The van der Waals surface area contributed by atoms with E-state index in [-0.39, 0.29) is 6.10 Å². The molecule has 0 aliphatic heterocycles. The number of anilines is 1. The van der Waals surface area contributed by atoms with Gasteiger partial charge in [-0.05, 0) is 32.3 Å². The molecule has 2 aromatic rings. The molecule has 2 aromatic heterocycles. The zero-order valence-electron chi connectivity index (χ0n) is 13.1. The van der Waals surface area contributed by atoms with Gasteiger partial charge in [-0.1, -0.05) is 13.8 Å². The van der Waals surface area contributed by atoms with Gasteiger partial charge in [0.2, 0.25) is 0 Å². The molecule has 0 fully saturated rings. The van der Waals surface area contributed by atoms with Gasteiger partial charge in [-0.2, -0.15) is 0 Å². The van der Waals surface area contributed by atoms with Crippen molar-refractivity contribution in [2.75, 3.05) is 12.4 Å². The third-order valence-electron chi connectivity index (χ3n) is 3.73. The summed E-state index contributed by atoms with van der Waals surface area (Å²) in [5.41, 5.74) is 1.26. The topological polar surface area (TPSA) is 47.0 Å². The number of nitrogens with one attached hydrogen (secondary N) is 1. The molecule has 0 amide bonds. The number of rotatable bonds is 5. The molecule has 1 atom stereocenters. The van der Waals surface area contributed by atoms with Crippen LogP contribution < -0.4 is 5.32 Å². The van der Waals surface area contributed by atoms with E-state index >= 15 is 0 Å². The van der Waals surface area contributed by atoms with Crippen molar-refractivity contribution in [2.24, 2.45) is 5.92 Å². The van der Waals surface area contributed by atoms with Gasteiger partial charge in [-0.25, -0.2) is 9.97 Å². The predicted octanol–water partition coefficient (Wildman–Crippen LogP) is 3.91. The highest BCUT2D eigenvalue weighted by Gasteiger charge is 2.15. The molecule has 2 rings (SSSR count). The lowest BCUT2D eigenvalue weighted by molar-refractivity contribution is 0.0202. The van der Waals surface area contributed by atoms with E-state index in [2.05, 4.69) is 49.9 Å². The number of fused-ring (bicyclic) bond motifs is 1. The summed E-state index contributed by atoms with van der Waals surface area (Å²) in [5, 5.41) is 4.31. The molecule has 0 aliphatic rings. The third-order valence-corrected chi connectivity index (χ3v) is 4.83. The molecule has 0 aromatic carbocycles. The molecule has 1 unspecified atom stereocenters. The van der Waals surface area contributed by atoms with E-state index in [0.717, 1.165) is 21.9 Å². The van der Waals surface area contributed by atoms with Crippen LogP contribution in [0, 0.1) is 19.8 Å². The lowest BCUT2D eigenvalue weighted by atomic mass is 10.1. The highest BCUT2D eigenvalue weighted by molar-refractivity contribution is 7.18. The average molecular weight is 293 g/mol. The van der Waals surface area contributed by atoms with Crippen LogP contribution in [0.5, 0.6) is 0 Å². The van der Waals surface area contributed by atoms with Crippen molar-refractivity contribution < 1.29 is 4.74 Å². The normalized spacial score (nSPS) is 13.2. The van der Waals surface area contributed by atoms with Crippen molar-refractivity contribution in [1.82, 2.24) is 9.97 Å². The van der Waals surface area contributed by atoms with E-state index in [1.165, 1.54) is 10.4 Å². The Morgan fingerprint density at radius 1 is 1.20 bits per heavy atom. The minimum absolute atomic E-state index is 0.208. The Balaban J connectivity index is 2.32. The van der Waals surface area contributed by atoms with Crippen molar-refractivity contribution in [1.29, 1.82) is 0 Å². The molecule has 110 valence electrons. The van der Waals surface area contributed by atoms with Gasteiger partial charge < -0.3 is 10.1 Å². The summed E-state index contributed by atoms with van der Waals surface area (Å²) in [6.07, 6.45) is 0.208. The van der Waals surface area contributed by atoms with Crippen LogP contribution >= 0.6 is 11.3 Å². The zero-order valence-corrected chi connectivity index (χ0v) is 13.9. The van der Waals surface area contributed by atoms with Gasteiger partial charge in [-0.15, -0.1) is 11.3 Å². The number of hydrogen-bond donors (Lipinski definition) is 1. The molecule has 5 heteroatoms. The highest BCUT2D eigenvalue weighted by atomic mass is 32.1. The number of hydrogen-bond acceptors (Lipinski definition) is 5. The first kappa shape index (κ1) is 15.2. The Morgan fingerprint density at radius 3 is 2.50 bits per heavy atom. The maximum Gasteiger partial charge on any atom is 0.158 e. The molecule has 0 saturated heterocycles. The van der Waals surface area contributed by atoms with E-state index in [9.17, 15) is 0 Å². The maximum absolute atomic E-state index is 5.83. The van der Waals surface area contributed by atoms with E-state index < -0.39 is 0 Å². The number of ether oxygens (including phenoxy) is 1. The highest BCUT2D eigenvalue weighted by Crippen LogP contribution is 2.33. The molecule has 0 saturated carbocycles. The lowest BCUT2D eigenvalue weighted by Gasteiger charge is -2.16. The van der Waals surface area contributed by atoms with Crippen molar-refractivity contribution in [3.05, 3.63) is 16.3 Å². The van der Waals surface area contributed by atoms with E-state index in [1.54, 1.807) is 11.3 Å². The molecule has 0 aliphatic carbocycles. The Morgan fingerprint density at radius 2 is 1.90 bits per heavy atom. The van der Waals surface area contributed by atoms with Gasteiger partial charge >= 0.3 is 0 Å². The average Bonchev–Trinajstić information content (AvgIpc) is 2.70. The van der Waals surface area contributed by atoms with Crippen LogP contribution in [-0.2, 0) is 11.3 Å². The van der Waals surface area contributed by atoms with Crippen molar-refractivity contribution in [3.63, 3.8) is 0 Å². The second-order valence-electron chi connectivity index (χ2n) is 5.46. The number of thiophene rings is 1. The second kappa shape index (κ2) is 6.06. The van der Waals surface area contributed by atoms with Crippen molar-refractivity contribution in [2.45, 2.75) is 47.3 Å². The summed E-state index contributed by atoms with van der Waals surface area (Å²) in [5.74, 6) is 2.14. The molecule has 4 nitrogen and oxygen atoms in total. The summed E-state index contributed by atoms with van der Waals surface area (Å²) in [7, 11) is 1.90. The van der Waals surface area contributed by atoms with Crippen LogP contribution in [0.3, 0.4) is 0 Å². The summed E-state index contributed by atoms with van der Waals surface area (Å²) >= 11 is 1.72. The fourth-order valence-corrected chi connectivity index (χ4v) is 2.99. The fourth-order valence-electron chi connectivity index (χ4n) is 1.94. The SMILES string of the molecule is CNc1nc(COC(C)C(C)C)nc2sc(C)c(C)c12. The van der Waals surface area contributed by atoms with Crippen LogP contribution in [0.15, 0.2) is 0 Å². The molecule has 2 heterocycles. The van der Waals surface area contributed by atoms with E-state index in [0.29, 0.717) is 12.5 Å². The fraction of sp³-hybridized carbons (Fsp3) is 0.600. The smallest absolute Gasteiger partial charge is 0.158 e. The van der Waals surface area contributed by atoms with Crippen LogP contribution in [0.2, 0.25) is 0 Å². The summed E-state index contributed by atoms with van der Waals surface area (Å²) in [6.45, 7) is 11.1.